The zero-order valence-electron chi connectivity index (χ0n) is 9.70. The van der Waals surface area contributed by atoms with Gasteiger partial charge in [-0.25, -0.2) is 8.42 Å². The fourth-order valence-corrected chi connectivity index (χ4v) is 3.81. The van der Waals surface area contributed by atoms with E-state index >= 15 is 0 Å². The van der Waals surface area contributed by atoms with E-state index in [1.807, 2.05) is 0 Å². The van der Waals surface area contributed by atoms with Gasteiger partial charge in [-0.3, -0.25) is 10.1 Å². The van der Waals surface area contributed by atoms with Crippen molar-refractivity contribution >= 4 is 21.2 Å². The zero-order valence-corrected chi connectivity index (χ0v) is 10.5. The number of non-ortho nitro benzene ring substituents is 1. The largest absolute Gasteiger partial charge is 0.384 e. The highest BCUT2D eigenvalue weighted by molar-refractivity contribution is 7.92. The molecule has 1 saturated heterocycles. The molecule has 6 nitrogen and oxygen atoms in total. The molecule has 1 aliphatic heterocycles. The third kappa shape index (κ3) is 2.79. The minimum atomic E-state index is -2.98. The summed E-state index contributed by atoms with van der Waals surface area (Å²) in [5, 5.41) is 13.2. The van der Waals surface area contributed by atoms with Gasteiger partial charge in [0, 0.05) is 24.4 Å². The molecule has 1 fully saturated rings. The predicted molar refractivity (Wildman–Crippen MR) is 68.4 cm³/mol. The van der Waals surface area contributed by atoms with Crippen LogP contribution in [-0.4, -0.2) is 30.9 Å². The van der Waals surface area contributed by atoms with Gasteiger partial charge < -0.3 is 5.32 Å². The average molecular weight is 270 g/mol. The number of sulfone groups is 1. The summed E-state index contributed by atoms with van der Waals surface area (Å²) >= 11 is 0. The molecular formula is C11H14N2O4S. The highest BCUT2D eigenvalue weighted by Gasteiger charge is 2.30. The molecule has 0 aromatic heterocycles. The van der Waals surface area contributed by atoms with Crippen molar-refractivity contribution in [1.82, 2.24) is 0 Å². The molecular weight excluding hydrogens is 256 g/mol. The van der Waals surface area contributed by atoms with Crippen LogP contribution in [0.1, 0.15) is 12.8 Å². The molecule has 0 aliphatic carbocycles. The van der Waals surface area contributed by atoms with E-state index in [-0.39, 0.29) is 16.7 Å². The average Bonchev–Trinajstić information content (AvgIpc) is 2.66. The number of hydrogen-bond donors (Lipinski definition) is 1. The van der Waals surface area contributed by atoms with Gasteiger partial charge in [0.05, 0.1) is 15.9 Å². The molecule has 1 N–H and O–H groups in total. The van der Waals surface area contributed by atoms with Crippen molar-refractivity contribution in [1.29, 1.82) is 0 Å². The molecule has 1 unspecified atom stereocenters. The zero-order chi connectivity index (χ0) is 13.2. The van der Waals surface area contributed by atoms with E-state index in [1.54, 1.807) is 12.1 Å². The minimum Gasteiger partial charge on any atom is -0.384 e. The quantitative estimate of drug-likeness (QED) is 0.662. The van der Waals surface area contributed by atoms with Crippen molar-refractivity contribution in [3.63, 3.8) is 0 Å². The van der Waals surface area contributed by atoms with Gasteiger partial charge in [0.15, 0.2) is 9.84 Å². The van der Waals surface area contributed by atoms with Crippen molar-refractivity contribution in [2.75, 3.05) is 17.6 Å². The number of nitrogens with zero attached hydrogens (tertiary/aromatic N) is 1. The highest BCUT2D eigenvalue weighted by Crippen LogP contribution is 2.22. The Morgan fingerprint density at radius 3 is 2.83 bits per heavy atom. The number of nitro benzene ring substituents is 1. The molecule has 0 saturated carbocycles. The lowest BCUT2D eigenvalue weighted by Crippen LogP contribution is -2.25. The number of nitrogens with one attached hydrogen (secondary N) is 1. The van der Waals surface area contributed by atoms with Crippen molar-refractivity contribution in [3.8, 4) is 0 Å². The van der Waals surface area contributed by atoms with Crippen LogP contribution >= 0.6 is 0 Å². The normalized spacial score (nSPS) is 21.7. The number of rotatable bonds is 4. The molecule has 18 heavy (non-hydrogen) atoms. The first-order valence-electron chi connectivity index (χ1n) is 5.69. The number of nitro groups is 1. The molecule has 0 spiro atoms. The Bertz CT molecular complexity index is 556. The van der Waals surface area contributed by atoms with E-state index in [0.29, 0.717) is 25.1 Å². The summed E-state index contributed by atoms with van der Waals surface area (Å²) in [7, 11) is -2.98. The van der Waals surface area contributed by atoms with E-state index < -0.39 is 14.8 Å². The molecule has 1 aromatic carbocycles. The maximum Gasteiger partial charge on any atom is 0.271 e. The van der Waals surface area contributed by atoms with Crippen molar-refractivity contribution in [3.05, 3.63) is 34.4 Å². The van der Waals surface area contributed by atoms with Crippen LogP contribution in [0.4, 0.5) is 11.4 Å². The number of benzene rings is 1. The standard InChI is InChI=1S/C11H14N2O4S/c14-13(15)10-4-1-3-9(7-10)12-8-11-5-2-6-18(11,16)17/h1,3-4,7,11-12H,2,5-6,8H2. The first kappa shape index (κ1) is 12.8. The van der Waals surface area contributed by atoms with Gasteiger partial charge in [0.2, 0.25) is 0 Å². The van der Waals surface area contributed by atoms with Gasteiger partial charge in [-0.15, -0.1) is 0 Å². The summed E-state index contributed by atoms with van der Waals surface area (Å²) in [4.78, 5) is 10.1. The SMILES string of the molecule is O=[N+]([O-])c1cccc(NCC2CCCS2(=O)=O)c1. The molecule has 0 bridgehead atoms. The van der Waals surface area contributed by atoms with Gasteiger partial charge in [-0.05, 0) is 18.9 Å². The fraction of sp³-hybridized carbons (Fsp3) is 0.455. The molecule has 1 heterocycles. The molecule has 1 aromatic rings. The summed E-state index contributed by atoms with van der Waals surface area (Å²) in [5.41, 5.74) is 0.570. The van der Waals surface area contributed by atoms with Crippen LogP contribution in [0.2, 0.25) is 0 Å². The molecule has 0 amide bonds. The van der Waals surface area contributed by atoms with E-state index in [2.05, 4.69) is 5.32 Å². The number of hydrogen-bond acceptors (Lipinski definition) is 5. The monoisotopic (exact) mass is 270 g/mol. The molecule has 7 heteroatoms. The molecule has 0 radical (unpaired) electrons. The summed E-state index contributed by atoms with van der Waals surface area (Å²) in [5.74, 6) is 0.244. The molecule has 98 valence electrons. The summed E-state index contributed by atoms with van der Waals surface area (Å²) in [6.07, 6.45) is 1.36. The predicted octanol–water partition coefficient (Wildman–Crippen LogP) is 1.58. The Labute approximate surface area is 105 Å². The maximum absolute atomic E-state index is 11.6. The Hall–Kier alpha value is -1.63. The van der Waals surface area contributed by atoms with E-state index in [1.165, 1.54) is 12.1 Å². The van der Waals surface area contributed by atoms with Crippen LogP contribution in [0.15, 0.2) is 24.3 Å². The van der Waals surface area contributed by atoms with Gasteiger partial charge in [0.1, 0.15) is 0 Å². The number of anilines is 1. The first-order chi connectivity index (χ1) is 8.49. The lowest BCUT2D eigenvalue weighted by atomic mass is 10.2. The lowest BCUT2D eigenvalue weighted by Gasteiger charge is -2.11. The lowest BCUT2D eigenvalue weighted by molar-refractivity contribution is -0.384. The van der Waals surface area contributed by atoms with Crippen molar-refractivity contribution < 1.29 is 13.3 Å². The van der Waals surface area contributed by atoms with E-state index in [9.17, 15) is 18.5 Å². The molecule has 2 rings (SSSR count). The van der Waals surface area contributed by atoms with Gasteiger partial charge >= 0.3 is 0 Å². The Balaban J connectivity index is 2.02. The van der Waals surface area contributed by atoms with Crippen molar-refractivity contribution in [2.24, 2.45) is 0 Å². The third-order valence-corrected chi connectivity index (χ3v) is 5.33. The van der Waals surface area contributed by atoms with Crippen LogP contribution in [0.3, 0.4) is 0 Å². The second-order valence-corrected chi connectivity index (χ2v) is 6.72. The van der Waals surface area contributed by atoms with Crippen LogP contribution in [0, 0.1) is 10.1 Å². The van der Waals surface area contributed by atoms with Gasteiger partial charge in [-0.2, -0.15) is 0 Å². The Morgan fingerprint density at radius 1 is 1.44 bits per heavy atom. The Kier molecular flexibility index (Phi) is 3.51. The van der Waals surface area contributed by atoms with E-state index in [0.717, 1.165) is 0 Å². The molecule has 1 atom stereocenters. The molecule has 1 aliphatic rings. The first-order valence-corrected chi connectivity index (χ1v) is 7.40. The van der Waals surface area contributed by atoms with Crippen LogP contribution in [-0.2, 0) is 9.84 Å². The van der Waals surface area contributed by atoms with Crippen LogP contribution < -0.4 is 5.32 Å². The van der Waals surface area contributed by atoms with Crippen LogP contribution in [0.25, 0.3) is 0 Å². The van der Waals surface area contributed by atoms with E-state index in [4.69, 9.17) is 0 Å². The second-order valence-electron chi connectivity index (χ2n) is 4.32. The third-order valence-electron chi connectivity index (χ3n) is 3.05. The van der Waals surface area contributed by atoms with Gasteiger partial charge in [0.25, 0.3) is 5.69 Å². The highest BCUT2D eigenvalue weighted by atomic mass is 32.2. The summed E-state index contributed by atoms with van der Waals surface area (Å²) < 4.78 is 23.2. The van der Waals surface area contributed by atoms with Crippen molar-refractivity contribution in [2.45, 2.75) is 18.1 Å². The minimum absolute atomic E-state index is 0.00530. The Morgan fingerprint density at radius 2 is 2.22 bits per heavy atom. The maximum atomic E-state index is 11.6. The second kappa shape index (κ2) is 4.93. The summed E-state index contributed by atoms with van der Waals surface area (Å²) in [6.45, 7) is 0.309. The summed E-state index contributed by atoms with van der Waals surface area (Å²) in [6, 6.07) is 6.07. The smallest absolute Gasteiger partial charge is 0.271 e. The van der Waals surface area contributed by atoms with Gasteiger partial charge in [-0.1, -0.05) is 6.07 Å². The fourth-order valence-electron chi connectivity index (χ4n) is 2.05. The van der Waals surface area contributed by atoms with Crippen LogP contribution in [0.5, 0.6) is 0 Å². The topological polar surface area (TPSA) is 89.3 Å².